The zero-order chi connectivity index (χ0) is 24.7. The zero-order valence-corrected chi connectivity index (χ0v) is 19.3. The van der Waals surface area contributed by atoms with Gasteiger partial charge in [0.05, 0.1) is 14.2 Å². The van der Waals surface area contributed by atoms with Crippen molar-refractivity contribution in [2.75, 3.05) is 20.8 Å². The molecule has 0 unspecified atom stereocenters. The van der Waals surface area contributed by atoms with Crippen molar-refractivity contribution >= 4 is 23.9 Å². The molecule has 2 rings (SSSR count). The van der Waals surface area contributed by atoms with Gasteiger partial charge in [0, 0.05) is 33.3 Å². The fraction of sp³-hybridized carbons (Fsp3) is 0.545. The number of hydrogen-bond acceptors (Lipinski definition) is 11. The first-order valence-corrected chi connectivity index (χ1v) is 10.1. The maximum atomic E-state index is 11.9. The van der Waals surface area contributed by atoms with E-state index in [9.17, 15) is 19.2 Å². The molecule has 1 aliphatic heterocycles. The molecule has 33 heavy (non-hydrogen) atoms. The minimum absolute atomic E-state index is 0.369. The van der Waals surface area contributed by atoms with Gasteiger partial charge in [0.15, 0.2) is 18.3 Å². The first kappa shape index (κ1) is 25.9. The highest BCUT2D eigenvalue weighted by Gasteiger charge is 2.54. The standard InChI is InChI=1S/C22H28O11/c1-11(23)29-10-18(30-12(2)24)20-22(32-14(4)26)21(31-13(3)25)19(33-20)16-9-15(27-5)7-8-17(16)28-6/h7-9,18-22H,10H2,1-6H3/t18-,19+,20+,21+,22+/m1/s1. The Morgan fingerprint density at radius 2 is 1.52 bits per heavy atom. The van der Waals surface area contributed by atoms with Crippen molar-refractivity contribution in [2.45, 2.75) is 58.2 Å². The molecule has 0 aromatic heterocycles. The van der Waals surface area contributed by atoms with Crippen molar-refractivity contribution in [1.29, 1.82) is 0 Å². The highest BCUT2D eigenvalue weighted by Crippen LogP contribution is 2.43. The summed E-state index contributed by atoms with van der Waals surface area (Å²) < 4.78 is 38.1. The second-order valence-corrected chi connectivity index (χ2v) is 7.23. The van der Waals surface area contributed by atoms with E-state index in [4.69, 9.17) is 33.2 Å². The summed E-state index contributed by atoms with van der Waals surface area (Å²) in [5, 5.41) is 0. The van der Waals surface area contributed by atoms with Gasteiger partial charge in [-0.2, -0.15) is 0 Å². The Labute approximate surface area is 191 Å². The van der Waals surface area contributed by atoms with Crippen LogP contribution in [0.3, 0.4) is 0 Å². The Hall–Kier alpha value is -3.34. The quantitative estimate of drug-likeness (QED) is 0.386. The topological polar surface area (TPSA) is 133 Å². The Morgan fingerprint density at radius 1 is 0.879 bits per heavy atom. The third-order valence-corrected chi connectivity index (χ3v) is 4.73. The van der Waals surface area contributed by atoms with Crippen molar-refractivity contribution in [3.8, 4) is 11.5 Å². The van der Waals surface area contributed by atoms with E-state index in [0.29, 0.717) is 17.1 Å². The molecule has 0 N–H and O–H groups in total. The van der Waals surface area contributed by atoms with Gasteiger partial charge >= 0.3 is 23.9 Å². The third kappa shape index (κ3) is 6.82. The fourth-order valence-electron chi connectivity index (χ4n) is 3.55. The van der Waals surface area contributed by atoms with Gasteiger partial charge in [0.1, 0.15) is 30.3 Å². The Morgan fingerprint density at radius 3 is 2.03 bits per heavy atom. The van der Waals surface area contributed by atoms with Crippen LogP contribution in [0.2, 0.25) is 0 Å². The van der Waals surface area contributed by atoms with Crippen LogP contribution in [-0.2, 0) is 42.9 Å². The monoisotopic (exact) mass is 468 g/mol. The number of esters is 4. The van der Waals surface area contributed by atoms with E-state index in [2.05, 4.69) is 0 Å². The first-order valence-electron chi connectivity index (χ1n) is 10.1. The SMILES string of the molecule is COc1ccc(OC)c([C@@H]2O[C@@H]([C@@H](COC(C)=O)OC(C)=O)[C@H](OC(C)=O)[C@H]2OC(C)=O)c1. The third-order valence-electron chi connectivity index (χ3n) is 4.73. The van der Waals surface area contributed by atoms with Gasteiger partial charge in [0.2, 0.25) is 0 Å². The average molecular weight is 468 g/mol. The zero-order valence-electron chi connectivity index (χ0n) is 19.3. The minimum atomic E-state index is -1.19. The van der Waals surface area contributed by atoms with E-state index < -0.39 is 54.4 Å². The van der Waals surface area contributed by atoms with E-state index in [-0.39, 0.29) is 6.61 Å². The summed E-state index contributed by atoms with van der Waals surface area (Å²) >= 11 is 0. The molecule has 1 aromatic rings. The molecule has 1 aliphatic rings. The molecule has 0 spiro atoms. The van der Waals surface area contributed by atoms with Gasteiger partial charge in [-0.25, -0.2) is 0 Å². The maximum Gasteiger partial charge on any atom is 0.303 e. The second kappa shape index (κ2) is 11.5. The number of carbonyl (C=O) groups excluding carboxylic acids is 4. The van der Waals surface area contributed by atoms with Crippen LogP contribution in [0, 0.1) is 0 Å². The minimum Gasteiger partial charge on any atom is -0.497 e. The van der Waals surface area contributed by atoms with Crippen LogP contribution in [0.25, 0.3) is 0 Å². The van der Waals surface area contributed by atoms with Crippen LogP contribution in [0.15, 0.2) is 18.2 Å². The molecule has 182 valence electrons. The second-order valence-electron chi connectivity index (χ2n) is 7.23. The van der Waals surface area contributed by atoms with E-state index in [0.717, 1.165) is 0 Å². The predicted molar refractivity (Wildman–Crippen MR) is 110 cm³/mol. The van der Waals surface area contributed by atoms with Crippen LogP contribution in [0.5, 0.6) is 11.5 Å². The summed E-state index contributed by atoms with van der Waals surface area (Å²) in [6, 6.07) is 4.93. The molecule has 11 nitrogen and oxygen atoms in total. The van der Waals surface area contributed by atoms with Crippen LogP contribution in [-0.4, -0.2) is 69.1 Å². The number of rotatable bonds is 9. The molecule has 0 aliphatic carbocycles. The molecule has 0 amide bonds. The molecule has 0 bridgehead atoms. The Balaban J connectivity index is 2.57. The molecule has 0 saturated carbocycles. The summed E-state index contributed by atoms with van der Waals surface area (Å²) in [6.45, 7) is 4.36. The summed E-state index contributed by atoms with van der Waals surface area (Å²) in [5.74, 6) is -1.76. The number of benzene rings is 1. The average Bonchev–Trinajstić information content (AvgIpc) is 3.06. The molecule has 1 fully saturated rings. The molecule has 11 heteroatoms. The van der Waals surface area contributed by atoms with Crippen molar-refractivity contribution in [3.05, 3.63) is 23.8 Å². The predicted octanol–water partition coefficient (Wildman–Crippen LogP) is 1.50. The van der Waals surface area contributed by atoms with Crippen LogP contribution in [0.1, 0.15) is 39.4 Å². The van der Waals surface area contributed by atoms with Crippen molar-refractivity contribution in [3.63, 3.8) is 0 Å². The summed E-state index contributed by atoms with van der Waals surface area (Å²) in [7, 11) is 2.93. The summed E-state index contributed by atoms with van der Waals surface area (Å²) in [4.78, 5) is 46.9. The lowest BCUT2D eigenvalue weighted by atomic mass is 9.98. The molecular formula is C22H28O11. The van der Waals surface area contributed by atoms with Gasteiger partial charge in [-0.05, 0) is 18.2 Å². The van der Waals surface area contributed by atoms with Crippen LogP contribution in [0.4, 0.5) is 0 Å². The Bertz CT molecular complexity index is 881. The van der Waals surface area contributed by atoms with E-state index >= 15 is 0 Å². The number of methoxy groups -OCH3 is 2. The molecule has 0 radical (unpaired) electrons. The highest BCUT2D eigenvalue weighted by atomic mass is 16.7. The first-order chi connectivity index (χ1) is 15.6. The number of ether oxygens (including phenoxy) is 7. The molecule has 1 heterocycles. The molecule has 5 atom stereocenters. The van der Waals surface area contributed by atoms with E-state index in [1.165, 1.54) is 41.9 Å². The van der Waals surface area contributed by atoms with E-state index in [1.54, 1.807) is 18.2 Å². The van der Waals surface area contributed by atoms with Crippen molar-refractivity contribution in [1.82, 2.24) is 0 Å². The number of carbonyl (C=O) groups is 4. The lowest BCUT2D eigenvalue weighted by Gasteiger charge is -2.27. The fourth-order valence-corrected chi connectivity index (χ4v) is 3.55. The van der Waals surface area contributed by atoms with Crippen molar-refractivity contribution < 1.29 is 52.3 Å². The largest absolute Gasteiger partial charge is 0.497 e. The van der Waals surface area contributed by atoms with Crippen LogP contribution < -0.4 is 9.47 Å². The van der Waals surface area contributed by atoms with Gasteiger partial charge in [-0.1, -0.05) is 0 Å². The van der Waals surface area contributed by atoms with Gasteiger partial charge < -0.3 is 33.2 Å². The molecular weight excluding hydrogens is 440 g/mol. The van der Waals surface area contributed by atoms with Crippen LogP contribution >= 0.6 is 0 Å². The lowest BCUT2D eigenvalue weighted by molar-refractivity contribution is -0.176. The molecule has 1 saturated heterocycles. The Kier molecular flexibility index (Phi) is 9.03. The van der Waals surface area contributed by atoms with E-state index in [1.807, 2.05) is 0 Å². The smallest absolute Gasteiger partial charge is 0.303 e. The normalized spacial score (nSPS) is 22.6. The van der Waals surface area contributed by atoms with Crippen molar-refractivity contribution in [2.24, 2.45) is 0 Å². The van der Waals surface area contributed by atoms with Gasteiger partial charge in [-0.3, -0.25) is 19.2 Å². The number of hydrogen-bond donors (Lipinski definition) is 0. The van der Waals surface area contributed by atoms with Gasteiger partial charge in [-0.15, -0.1) is 0 Å². The van der Waals surface area contributed by atoms with Gasteiger partial charge in [0.25, 0.3) is 0 Å². The summed E-state index contributed by atoms with van der Waals surface area (Å²) in [6.07, 6.45) is -5.61. The lowest BCUT2D eigenvalue weighted by Crippen LogP contribution is -2.46. The molecule has 1 aromatic carbocycles. The maximum absolute atomic E-state index is 11.9. The highest BCUT2D eigenvalue weighted by molar-refractivity contribution is 5.68. The summed E-state index contributed by atoms with van der Waals surface area (Å²) in [5.41, 5.74) is 0.441.